The lowest BCUT2D eigenvalue weighted by Gasteiger charge is -2.36. The molecule has 7 nitrogen and oxygen atoms in total. The van der Waals surface area contributed by atoms with E-state index in [-0.39, 0.29) is 0 Å². The van der Waals surface area contributed by atoms with E-state index >= 15 is 0 Å². The van der Waals surface area contributed by atoms with Gasteiger partial charge in [-0.2, -0.15) is 0 Å². The minimum absolute atomic E-state index is 0.400. The van der Waals surface area contributed by atoms with Gasteiger partial charge < -0.3 is 15.0 Å². The first-order valence-electron chi connectivity index (χ1n) is 9.52. The Kier molecular flexibility index (Phi) is 5.66. The van der Waals surface area contributed by atoms with Crippen LogP contribution in [0.5, 0.6) is 0 Å². The minimum Gasteiger partial charge on any atom is -0.381 e. The lowest BCUT2D eigenvalue weighted by atomic mass is 9.92. The summed E-state index contributed by atoms with van der Waals surface area (Å²) in [5, 5.41) is 3.28. The third-order valence-electron chi connectivity index (χ3n) is 5.29. The predicted molar refractivity (Wildman–Crippen MR) is 99.3 cm³/mol. The van der Waals surface area contributed by atoms with E-state index in [0.29, 0.717) is 11.7 Å². The molecular formula is C19H26N6O. The van der Waals surface area contributed by atoms with E-state index in [9.17, 15) is 0 Å². The number of nitrogens with zero attached hydrogens (tertiary/aromatic N) is 5. The number of hydrogen-bond acceptors (Lipinski definition) is 7. The number of piperidine rings is 1. The molecule has 1 N–H and O–H groups in total. The normalized spacial score (nSPS) is 22.2. The Bertz CT molecular complexity index is 691. The zero-order chi connectivity index (χ0) is 17.6. The van der Waals surface area contributed by atoms with Crippen LogP contribution in [-0.4, -0.2) is 57.7 Å². The summed E-state index contributed by atoms with van der Waals surface area (Å²) >= 11 is 0. The van der Waals surface area contributed by atoms with Crippen molar-refractivity contribution >= 4 is 11.6 Å². The molecule has 0 amide bonds. The molecule has 0 radical (unpaired) electrons. The molecule has 2 fully saturated rings. The number of rotatable bonds is 5. The van der Waals surface area contributed by atoms with Gasteiger partial charge in [0.2, 0.25) is 0 Å². The highest BCUT2D eigenvalue weighted by molar-refractivity contribution is 5.53. The van der Waals surface area contributed by atoms with Crippen molar-refractivity contribution < 1.29 is 4.74 Å². The molecule has 26 heavy (non-hydrogen) atoms. The average Bonchev–Trinajstić information content (AvgIpc) is 2.70. The van der Waals surface area contributed by atoms with Gasteiger partial charge in [0.05, 0.1) is 11.9 Å². The van der Waals surface area contributed by atoms with Crippen molar-refractivity contribution in [1.82, 2.24) is 24.8 Å². The molecule has 0 unspecified atom stereocenters. The van der Waals surface area contributed by atoms with Gasteiger partial charge in [-0.15, -0.1) is 0 Å². The molecule has 0 spiro atoms. The van der Waals surface area contributed by atoms with Crippen molar-refractivity contribution in [1.29, 1.82) is 0 Å². The Morgan fingerprint density at radius 1 is 1.04 bits per heavy atom. The maximum absolute atomic E-state index is 5.50. The van der Waals surface area contributed by atoms with Crippen LogP contribution in [0.4, 0.5) is 11.6 Å². The van der Waals surface area contributed by atoms with Gasteiger partial charge in [0, 0.05) is 57.0 Å². The van der Waals surface area contributed by atoms with Gasteiger partial charge in [-0.1, -0.05) is 0 Å². The van der Waals surface area contributed by atoms with E-state index in [1.165, 1.54) is 32.4 Å². The standard InChI is InChI=1S/C19H26N6O/c1-2-16(14-25(9-1)13-15-3-10-26-11-4-15)18-19(23-8-7-22-18)24-17-12-20-5-6-21-17/h5-8,12,15-16H,1-4,9-11,13-14H2,(H,21,23,24)/t16-/m1/s1. The predicted octanol–water partition coefficient (Wildman–Crippen LogP) is 2.62. The fourth-order valence-electron chi connectivity index (χ4n) is 3.97. The number of nitrogens with one attached hydrogen (secondary N) is 1. The highest BCUT2D eigenvalue weighted by atomic mass is 16.5. The Balaban J connectivity index is 1.44. The Morgan fingerprint density at radius 3 is 2.73 bits per heavy atom. The van der Waals surface area contributed by atoms with Gasteiger partial charge in [0.25, 0.3) is 0 Å². The number of hydrogen-bond donors (Lipinski definition) is 1. The van der Waals surface area contributed by atoms with Crippen LogP contribution in [0.1, 0.15) is 37.3 Å². The summed E-state index contributed by atoms with van der Waals surface area (Å²) in [5.41, 5.74) is 1.04. The first-order chi connectivity index (χ1) is 12.9. The topological polar surface area (TPSA) is 76.1 Å². The smallest absolute Gasteiger partial charge is 0.153 e. The lowest BCUT2D eigenvalue weighted by Crippen LogP contribution is -2.39. The first-order valence-corrected chi connectivity index (χ1v) is 9.52. The molecule has 138 valence electrons. The molecule has 2 aliphatic heterocycles. The quantitative estimate of drug-likeness (QED) is 0.884. The third kappa shape index (κ3) is 4.34. The van der Waals surface area contributed by atoms with Crippen LogP contribution in [0.3, 0.4) is 0 Å². The van der Waals surface area contributed by atoms with E-state index < -0.39 is 0 Å². The van der Waals surface area contributed by atoms with Crippen molar-refractivity contribution in [3.63, 3.8) is 0 Å². The van der Waals surface area contributed by atoms with E-state index in [1.807, 2.05) is 0 Å². The number of anilines is 2. The molecule has 4 heterocycles. The van der Waals surface area contributed by atoms with E-state index in [0.717, 1.165) is 43.6 Å². The molecule has 2 saturated heterocycles. The third-order valence-corrected chi connectivity index (χ3v) is 5.29. The maximum atomic E-state index is 5.50. The fourth-order valence-corrected chi connectivity index (χ4v) is 3.97. The second-order valence-electron chi connectivity index (χ2n) is 7.16. The Labute approximate surface area is 154 Å². The second-order valence-corrected chi connectivity index (χ2v) is 7.16. The molecule has 0 saturated carbocycles. The maximum Gasteiger partial charge on any atom is 0.153 e. The van der Waals surface area contributed by atoms with Crippen LogP contribution in [0.25, 0.3) is 0 Å². The molecule has 4 rings (SSSR count). The largest absolute Gasteiger partial charge is 0.381 e. The molecular weight excluding hydrogens is 328 g/mol. The van der Waals surface area contributed by atoms with Gasteiger partial charge >= 0.3 is 0 Å². The summed E-state index contributed by atoms with van der Waals surface area (Å²) < 4.78 is 5.50. The fraction of sp³-hybridized carbons (Fsp3) is 0.579. The zero-order valence-electron chi connectivity index (χ0n) is 15.0. The Morgan fingerprint density at radius 2 is 1.88 bits per heavy atom. The van der Waals surface area contributed by atoms with Gasteiger partial charge in [-0.3, -0.25) is 9.97 Å². The van der Waals surface area contributed by atoms with Crippen molar-refractivity contribution in [2.45, 2.75) is 31.6 Å². The summed E-state index contributed by atoms with van der Waals surface area (Å²) in [6.07, 6.45) is 13.3. The van der Waals surface area contributed by atoms with E-state index in [4.69, 9.17) is 4.74 Å². The monoisotopic (exact) mass is 354 g/mol. The van der Waals surface area contributed by atoms with Crippen molar-refractivity contribution in [2.24, 2.45) is 5.92 Å². The van der Waals surface area contributed by atoms with Crippen molar-refractivity contribution in [3.05, 3.63) is 36.7 Å². The van der Waals surface area contributed by atoms with Gasteiger partial charge in [0.15, 0.2) is 5.82 Å². The SMILES string of the molecule is c1cnc(Nc2nccnc2[C@@H]2CCCN(CC3CCOCC3)C2)cn1. The summed E-state index contributed by atoms with van der Waals surface area (Å²) in [4.78, 5) is 20.2. The molecule has 2 aliphatic rings. The zero-order valence-corrected chi connectivity index (χ0v) is 15.0. The minimum atomic E-state index is 0.400. The van der Waals surface area contributed by atoms with E-state index in [1.54, 1.807) is 31.0 Å². The molecule has 2 aromatic rings. The van der Waals surface area contributed by atoms with Crippen molar-refractivity contribution in [2.75, 3.05) is 38.2 Å². The van der Waals surface area contributed by atoms with Crippen LogP contribution in [0.15, 0.2) is 31.0 Å². The summed E-state index contributed by atoms with van der Waals surface area (Å²) in [7, 11) is 0. The van der Waals surface area contributed by atoms with Gasteiger partial charge in [-0.05, 0) is 38.1 Å². The number of likely N-dealkylation sites (tertiary alicyclic amines) is 1. The molecule has 0 aliphatic carbocycles. The molecule has 7 heteroatoms. The van der Waals surface area contributed by atoms with Crippen LogP contribution >= 0.6 is 0 Å². The molecule has 1 atom stereocenters. The Hall–Kier alpha value is -2.12. The molecule has 0 aromatic carbocycles. The second kappa shape index (κ2) is 8.51. The molecule has 2 aromatic heterocycles. The van der Waals surface area contributed by atoms with E-state index in [2.05, 4.69) is 30.2 Å². The summed E-state index contributed by atoms with van der Waals surface area (Å²) in [6.45, 7) is 5.23. The highest BCUT2D eigenvalue weighted by Crippen LogP contribution is 2.31. The van der Waals surface area contributed by atoms with Crippen LogP contribution in [0.2, 0.25) is 0 Å². The lowest BCUT2D eigenvalue weighted by molar-refractivity contribution is 0.0482. The van der Waals surface area contributed by atoms with Crippen LogP contribution in [-0.2, 0) is 4.74 Å². The van der Waals surface area contributed by atoms with Crippen LogP contribution in [0, 0.1) is 5.92 Å². The summed E-state index contributed by atoms with van der Waals surface area (Å²) in [6, 6.07) is 0. The van der Waals surface area contributed by atoms with Gasteiger partial charge in [0.1, 0.15) is 5.82 Å². The average molecular weight is 354 g/mol. The van der Waals surface area contributed by atoms with Crippen LogP contribution < -0.4 is 5.32 Å². The highest BCUT2D eigenvalue weighted by Gasteiger charge is 2.27. The van der Waals surface area contributed by atoms with Crippen molar-refractivity contribution in [3.8, 4) is 0 Å². The number of ether oxygens (including phenoxy) is 1. The van der Waals surface area contributed by atoms with Gasteiger partial charge in [-0.25, -0.2) is 9.97 Å². The first kappa shape index (κ1) is 17.3. The molecule has 0 bridgehead atoms. The summed E-state index contributed by atoms with van der Waals surface area (Å²) in [5.74, 6) is 2.66. The number of aromatic nitrogens is 4.